The van der Waals surface area contributed by atoms with E-state index in [2.05, 4.69) is 4.99 Å². The SMILES string of the molecule is COC1N=C(c2ccccc2Cl)c2cc(Cl)ccc2N(C)C1=O. The van der Waals surface area contributed by atoms with Crippen molar-refractivity contribution in [3.63, 3.8) is 0 Å². The largest absolute Gasteiger partial charge is 0.352 e. The van der Waals surface area contributed by atoms with E-state index in [4.69, 9.17) is 27.9 Å². The molecule has 0 aliphatic carbocycles. The standard InChI is InChI=1S/C17H14Cl2N2O2/c1-21-14-8-7-10(18)9-12(14)15(20-16(23-2)17(21)22)11-5-3-4-6-13(11)19/h3-9,16H,1-2H3. The van der Waals surface area contributed by atoms with Crippen LogP contribution in [0.25, 0.3) is 0 Å². The summed E-state index contributed by atoms with van der Waals surface area (Å²) in [5, 5.41) is 1.10. The fourth-order valence-electron chi connectivity index (χ4n) is 2.54. The number of fused-ring (bicyclic) bond motifs is 1. The number of hydrogen-bond donors (Lipinski definition) is 0. The van der Waals surface area contributed by atoms with E-state index in [1.54, 1.807) is 31.3 Å². The fraction of sp³-hybridized carbons (Fsp3) is 0.176. The van der Waals surface area contributed by atoms with Crippen molar-refractivity contribution in [1.82, 2.24) is 0 Å². The number of benzene rings is 2. The van der Waals surface area contributed by atoms with E-state index < -0.39 is 6.23 Å². The summed E-state index contributed by atoms with van der Waals surface area (Å²) in [6.45, 7) is 0. The Morgan fingerprint density at radius 1 is 1.13 bits per heavy atom. The molecule has 2 aromatic carbocycles. The zero-order valence-corrected chi connectivity index (χ0v) is 14.1. The van der Waals surface area contributed by atoms with E-state index in [9.17, 15) is 4.79 Å². The van der Waals surface area contributed by atoms with Crippen LogP contribution in [-0.4, -0.2) is 32.0 Å². The molecule has 2 aromatic rings. The predicted molar refractivity (Wildman–Crippen MR) is 92.8 cm³/mol. The van der Waals surface area contributed by atoms with Crippen molar-refractivity contribution in [2.75, 3.05) is 19.1 Å². The molecule has 6 heteroatoms. The molecule has 0 aromatic heterocycles. The fourth-order valence-corrected chi connectivity index (χ4v) is 2.94. The van der Waals surface area contributed by atoms with E-state index in [-0.39, 0.29) is 5.91 Å². The van der Waals surface area contributed by atoms with E-state index in [1.165, 1.54) is 12.0 Å². The van der Waals surface area contributed by atoms with Crippen molar-refractivity contribution in [3.8, 4) is 0 Å². The van der Waals surface area contributed by atoms with Crippen LogP contribution in [0.15, 0.2) is 47.5 Å². The Morgan fingerprint density at radius 3 is 2.57 bits per heavy atom. The van der Waals surface area contributed by atoms with Gasteiger partial charge in [0.25, 0.3) is 5.91 Å². The van der Waals surface area contributed by atoms with Gasteiger partial charge in [0.15, 0.2) is 0 Å². The molecule has 1 aliphatic heterocycles. The minimum Gasteiger partial charge on any atom is -0.352 e. The average molecular weight is 349 g/mol. The van der Waals surface area contributed by atoms with Crippen molar-refractivity contribution < 1.29 is 9.53 Å². The van der Waals surface area contributed by atoms with Crippen LogP contribution in [-0.2, 0) is 9.53 Å². The highest BCUT2D eigenvalue weighted by molar-refractivity contribution is 6.37. The topological polar surface area (TPSA) is 41.9 Å². The van der Waals surface area contributed by atoms with Gasteiger partial charge < -0.3 is 9.64 Å². The highest BCUT2D eigenvalue weighted by Crippen LogP contribution is 2.32. The van der Waals surface area contributed by atoms with Crippen LogP contribution in [0.2, 0.25) is 10.0 Å². The number of halogens is 2. The van der Waals surface area contributed by atoms with Crippen LogP contribution in [0.3, 0.4) is 0 Å². The molecule has 0 fully saturated rings. The summed E-state index contributed by atoms with van der Waals surface area (Å²) in [5.74, 6) is -0.252. The molecule has 0 N–H and O–H groups in total. The lowest BCUT2D eigenvalue weighted by atomic mass is 10.0. The number of carbonyl (C=O) groups excluding carboxylic acids is 1. The molecule has 1 atom stereocenters. The lowest BCUT2D eigenvalue weighted by Gasteiger charge is -2.19. The molecule has 1 heterocycles. The summed E-state index contributed by atoms with van der Waals surface area (Å²) in [6, 6.07) is 12.7. The van der Waals surface area contributed by atoms with E-state index in [0.29, 0.717) is 21.4 Å². The molecule has 4 nitrogen and oxygen atoms in total. The third kappa shape index (κ3) is 2.85. The molecular formula is C17H14Cl2N2O2. The maximum absolute atomic E-state index is 12.5. The number of methoxy groups -OCH3 is 1. The molecule has 1 unspecified atom stereocenters. The highest BCUT2D eigenvalue weighted by Gasteiger charge is 2.30. The van der Waals surface area contributed by atoms with Gasteiger partial charge in [0.1, 0.15) is 0 Å². The minimum atomic E-state index is -0.933. The zero-order valence-electron chi connectivity index (χ0n) is 12.6. The predicted octanol–water partition coefficient (Wildman–Crippen LogP) is 3.78. The lowest BCUT2D eigenvalue weighted by molar-refractivity contribution is -0.127. The van der Waals surface area contributed by atoms with Gasteiger partial charge in [0.05, 0.1) is 11.4 Å². The summed E-state index contributed by atoms with van der Waals surface area (Å²) in [5.41, 5.74) is 2.75. The highest BCUT2D eigenvalue weighted by atomic mass is 35.5. The van der Waals surface area contributed by atoms with Gasteiger partial charge in [-0.25, -0.2) is 4.99 Å². The first-order valence-electron chi connectivity index (χ1n) is 6.96. The summed E-state index contributed by atoms with van der Waals surface area (Å²) >= 11 is 12.5. The molecule has 3 rings (SSSR count). The van der Waals surface area contributed by atoms with Gasteiger partial charge in [0.2, 0.25) is 6.23 Å². The number of nitrogens with zero attached hydrogens (tertiary/aromatic N) is 2. The number of anilines is 1. The maximum atomic E-state index is 12.5. The van der Waals surface area contributed by atoms with Crippen LogP contribution in [0, 0.1) is 0 Å². The van der Waals surface area contributed by atoms with Gasteiger partial charge in [-0.15, -0.1) is 0 Å². The van der Waals surface area contributed by atoms with Crippen molar-refractivity contribution >= 4 is 40.5 Å². The molecule has 0 saturated heterocycles. The number of amides is 1. The third-order valence-electron chi connectivity index (χ3n) is 3.72. The van der Waals surface area contributed by atoms with Crippen LogP contribution in [0.4, 0.5) is 5.69 Å². The number of likely N-dealkylation sites (N-methyl/N-ethyl adjacent to an activating group) is 1. The molecule has 0 saturated carbocycles. The normalized spacial score (nSPS) is 17.6. The van der Waals surface area contributed by atoms with Crippen LogP contribution < -0.4 is 4.90 Å². The van der Waals surface area contributed by atoms with Crippen LogP contribution in [0.1, 0.15) is 11.1 Å². The zero-order chi connectivity index (χ0) is 16.6. The Balaban J connectivity index is 2.31. The van der Waals surface area contributed by atoms with Crippen molar-refractivity contribution in [3.05, 3.63) is 63.6 Å². The van der Waals surface area contributed by atoms with Gasteiger partial charge in [-0.2, -0.15) is 0 Å². The molecule has 23 heavy (non-hydrogen) atoms. The number of aliphatic imine (C=N–C) groups is 1. The van der Waals surface area contributed by atoms with E-state index in [0.717, 1.165) is 11.1 Å². The van der Waals surface area contributed by atoms with Crippen LogP contribution >= 0.6 is 23.2 Å². The first-order chi connectivity index (χ1) is 11.0. The first-order valence-corrected chi connectivity index (χ1v) is 7.71. The number of ether oxygens (including phenoxy) is 1. The maximum Gasteiger partial charge on any atom is 0.278 e. The third-order valence-corrected chi connectivity index (χ3v) is 4.28. The molecule has 0 radical (unpaired) electrons. The van der Waals surface area contributed by atoms with E-state index in [1.807, 2.05) is 18.2 Å². The van der Waals surface area contributed by atoms with Gasteiger partial charge in [0, 0.05) is 35.3 Å². The number of carbonyl (C=O) groups is 1. The van der Waals surface area contributed by atoms with Crippen molar-refractivity contribution in [2.24, 2.45) is 4.99 Å². The number of hydrogen-bond acceptors (Lipinski definition) is 3. The second-order valence-electron chi connectivity index (χ2n) is 5.10. The average Bonchev–Trinajstić information content (AvgIpc) is 2.65. The molecule has 0 bridgehead atoms. The monoisotopic (exact) mass is 348 g/mol. The van der Waals surface area contributed by atoms with Gasteiger partial charge in [-0.1, -0.05) is 41.4 Å². The Bertz CT molecular complexity index is 805. The Kier molecular flexibility index (Phi) is 4.39. The summed E-state index contributed by atoms with van der Waals surface area (Å²) < 4.78 is 5.25. The van der Waals surface area contributed by atoms with Gasteiger partial charge in [-0.3, -0.25) is 4.79 Å². The number of benzodiazepines with no additional fused rings is 1. The van der Waals surface area contributed by atoms with Crippen molar-refractivity contribution in [2.45, 2.75) is 6.23 Å². The lowest BCUT2D eigenvalue weighted by Crippen LogP contribution is -2.35. The Morgan fingerprint density at radius 2 is 1.87 bits per heavy atom. The molecular weight excluding hydrogens is 335 g/mol. The number of rotatable bonds is 2. The molecule has 0 spiro atoms. The Hall–Kier alpha value is -1.88. The summed E-state index contributed by atoms with van der Waals surface area (Å²) in [6.07, 6.45) is -0.933. The Labute approximate surface area is 144 Å². The minimum absolute atomic E-state index is 0.252. The van der Waals surface area contributed by atoms with Crippen molar-refractivity contribution in [1.29, 1.82) is 0 Å². The smallest absolute Gasteiger partial charge is 0.278 e. The second-order valence-corrected chi connectivity index (χ2v) is 5.95. The first kappa shape index (κ1) is 16.0. The quantitative estimate of drug-likeness (QED) is 0.828. The van der Waals surface area contributed by atoms with E-state index >= 15 is 0 Å². The summed E-state index contributed by atoms with van der Waals surface area (Å²) in [4.78, 5) is 18.5. The van der Waals surface area contributed by atoms with Crippen LogP contribution in [0.5, 0.6) is 0 Å². The van der Waals surface area contributed by atoms with Gasteiger partial charge >= 0.3 is 0 Å². The van der Waals surface area contributed by atoms with Gasteiger partial charge in [-0.05, 0) is 24.3 Å². The molecule has 1 amide bonds. The molecule has 118 valence electrons. The molecule has 1 aliphatic rings. The second kappa shape index (κ2) is 6.32. The summed E-state index contributed by atoms with van der Waals surface area (Å²) in [7, 11) is 3.14.